The lowest BCUT2D eigenvalue weighted by atomic mass is 10.1. The SMILES string of the molecule is COc1ccccc1CCNC(=O)COC(=O)c1cnccn1. The van der Waals surface area contributed by atoms with Crippen molar-refractivity contribution in [2.24, 2.45) is 0 Å². The lowest BCUT2D eigenvalue weighted by molar-refractivity contribution is -0.124. The Hall–Kier alpha value is -2.96. The minimum atomic E-state index is -0.682. The Balaban J connectivity index is 1.72. The monoisotopic (exact) mass is 315 g/mol. The van der Waals surface area contributed by atoms with E-state index in [2.05, 4.69) is 15.3 Å². The number of carbonyl (C=O) groups is 2. The fourth-order valence-corrected chi connectivity index (χ4v) is 1.91. The van der Waals surface area contributed by atoms with Crippen molar-refractivity contribution in [3.05, 3.63) is 54.1 Å². The molecule has 0 saturated carbocycles. The van der Waals surface area contributed by atoms with Crippen molar-refractivity contribution in [1.29, 1.82) is 0 Å². The third-order valence-electron chi connectivity index (χ3n) is 3.02. The quantitative estimate of drug-likeness (QED) is 0.767. The molecule has 120 valence electrons. The van der Waals surface area contributed by atoms with E-state index in [1.54, 1.807) is 7.11 Å². The molecule has 0 bridgehead atoms. The number of benzene rings is 1. The number of rotatable bonds is 7. The van der Waals surface area contributed by atoms with Crippen molar-refractivity contribution < 1.29 is 19.1 Å². The van der Waals surface area contributed by atoms with Crippen molar-refractivity contribution >= 4 is 11.9 Å². The van der Waals surface area contributed by atoms with Gasteiger partial charge in [-0.1, -0.05) is 18.2 Å². The van der Waals surface area contributed by atoms with Crippen LogP contribution in [0.1, 0.15) is 16.1 Å². The lowest BCUT2D eigenvalue weighted by Crippen LogP contribution is -2.30. The summed E-state index contributed by atoms with van der Waals surface area (Å²) in [6.45, 7) is 0.0588. The largest absolute Gasteiger partial charge is 0.496 e. The Kier molecular flexibility index (Phi) is 6.05. The number of aromatic nitrogens is 2. The molecule has 0 atom stereocenters. The van der Waals surface area contributed by atoms with Crippen LogP contribution in [0.4, 0.5) is 0 Å². The number of nitrogens with zero attached hydrogens (tertiary/aromatic N) is 2. The van der Waals surface area contributed by atoms with Gasteiger partial charge >= 0.3 is 5.97 Å². The van der Waals surface area contributed by atoms with Crippen LogP contribution in [-0.2, 0) is 16.0 Å². The van der Waals surface area contributed by atoms with E-state index >= 15 is 0 Å². The Morgan fingerprint density at radius 2 is 2.04 bits per heavy atom. The maximum absolute atomic E-state index is 11.7. The molecule has 23 heavy (non-hydrogen) atoms. The van der Waals surface area contributed by atoms with Crippen molar-refractivity contribution in [1.82, 2.24) is 15.3 Å². The van der Waals surface area contributed by atoms with Crippen LogP contribution in [0.5, 0.6) is 5.75 Å². The summed E-state index contributed by atoms with van der Waals surface area (Å²) in [5, 5.41) is 2.68. The predicted molar refractivity (Wildman–Crippen MR) is 82.0 cm³/mol. The molecule has 0 aliphatic heterocycles. The van der Waals surface area contributed by atoms with Crippen LogP contribution in [0, 0.1) is 0 Å². The smallest absolute Gasteiger partial charge is 0.359 e. The van der Waals surface area contributed by atoms with Gasteiger partial charge in [-0.2, -0.15) is 0 Å². The van der Waals surface area contributed by atoms with Gasteiger partial charge in [0.05, 0.1) is 13.3 Å². The van der Waals surface area contributed by atoms with E-state index in [-0.39, 0.29) is 18.2 Å². The average molecular weight is 315 g/mol. The molecular weight excluding hydrogens is 298 g/mol. The molecule has 7 heteroatoms. The number of hydrogen-bond acceptors (Lipinski definition) is 6. The number of methoxy groups -OCH3 is 1. The highest BCUT2D eigenvalue weighted by atomic mass is 16.5. The Morgan fingerprint density at radius 1 is 1.22 bits per heavy atom. The van der Waals surface area contributed by atoms with Gasteiger partial charge in [-0.15, -0.1) is 0 Å². The van der Waals surface area contributed by atoms with Gasteiger partial charge in [-0.05, 0) is 18.1 Å². The first-order valence-electron chi connectivity index (χ1n) is 7.02. The summed E-state index contributed by atoms with van der Waals surface area (Å²) < 4.78 is 10.1. The molecule has 1 aromatic heterocycles. The molecule has 0 saturated heterocycles. The molecule has 2 aromatic rings. The van der Waals surface area contributed by atoms with E-state index in [4.69, 9.17) is 9.47 Å². The molecule has 0 radical (unpaired) electrons. The molecule has 7 nitrogen and oxygen atoms in total. The summed E-state index contributed by atoms with van der Waals surface area (Å²) in [5.74, 6) is -0.286. The second-order valence-electron chi connectivity index (χ2n) is 4.58. The number of hydrogen-bond donors (Lipinski definition) is 1. The number of ether oxygens (including phenoxy) is 2. The van der Waals surface area contributed by atoms with Gasteiger partial charge in [0, 0.05) is 18.9 Å². The third-order valence-corrected chi connectivity index (χ3v) is 3.02. The fraction of sp³-hybridized carbons (Fsp3) is 0.250. The lowest BCUT2D eigenvalue weighted by Gasteiger charge is -2.09. The summed E-state index contributed by atoms with van der Waals surface area (Å²) in [5.41, 5.74) is 1.06. The highest BCUT2D eigenvalue weighted by molar-refractivity contribution is 5.89. The van der Waals surface area contributed by atoms with E-state index in [1.165, 1.54) is 18.6 Å². The zero-order valence-corrected chi connectivity index (χ0v) is 12.7. The topological polar surface area (TPSA) is 90.4 Å². The Labute approximate surface area is 133 Å². The number of nitrogens with one attached hydrogen (secondary N) is 1. The van der Waals surface area contributed by atoms with Crippen LogP contribution in [0.3, 0.4) is 0 Å². The number of esters is 1. The molecule has 1 aromatic carbocycles. The minimum Gasteiger partial charge on any atom is -0.496 e. The van der Waals surface area contributed by atoms with E-state index in [0.29, 0.717) is 13.0 Å². The molecule has 0 unspecified atom stereocenters. The third kappa shape index (κ3) is 5.06. The second kappa shape index (κ2) is 8.47. The maximum atomic E-state index is 11.7. The van der Waals surface area contributed by atoms with Gasteiger partial charge in [-0.25, -0.2) is 9.78 Å². The summed E-state index contributed by atoms with van der Waals surface area (Å²) in [6, 6.07) is 7.58. The highest BCUT2D eigenvalue weighted by Crippen LogP contribution is 2.17. The number of para-hydroxylation sites is 1. The first-order valence-corrected chi connectivity index (χ1v) is 7.02. The van der Waals surface area contributed by atoms with Crippen molar-refractivity contribution in [2.45, 2.75) is 6.42 Å². The summed E-state index contributed by atoms with van der Waals surface area (Å²) in [4.78, 5) is 30.8. The van der Waals surface area contributed by atoms with E-state index < -0.39 is 5.97 Å². The van der Waals surface area contributed by atoms with Crippen molar-refractivity contribution in [3.63, 3.8) is 0 Å². The van der Waals surface area contributed by atoms with Gasteiger partial charge in [0.2, 0.25) is 0 Å². The van der Waals surface area contributed by atoms with Crippen molar-refractivity contribution in [2.75, 3.05) is 20.3 Å². The molecule has 0 aliphatic rings. The fourth-order valence-electron chi connectivity index (χ4n) is 1.91. The van der Waals surface area contributed by atoms with E-state index in [0.717, 1.165) is 11.3 Å². The van der Waals surface area contributed by atoms with E-state index in [1.807, 2.05) is 24.3 Å². The summed E-state index contributed by atoms with van der Waals surface area (Å²) in [6.07, 6.45) is 4.72. The molecule has 2 rings (SSSR count). The highest BCUT2D eigenvalue weighted by Gasteiger charge is 2.11. The molecule has 0 spiro atoms. The minimum absolute atomic E-state index is 0.0642. The van der Waals surface area contributed by atoms with Crippen LogP contribution < -0.4 is 10.1 Å². The second-order valence-corrected chi connectivity index (χ2v) is 4.58. The van der Waals surface area contributed by atoms with Gasteiger partial charge < -0.3 is 14.8 Å². The van der Waals surface area contributed by atoms with Crippen LogP contribution in [0.15, 0.2) is 42.9 Å². The first-order chi connectivity index (χ1) is 11.2. The standard InChI is InChI=1S/C16H17N3O4/c1-22-14-5-3-2-4-12(14)6-7-19-15(20)11-23-16(21)13-10-17-8-9-18-13/h2-5,8-10H,6-7,11H2,1H3,(H,19,20). The zero-order valence-electron chi connectivity index (χ0n) is 12.7. The average Bonchev–Trinajstić information content (AvgIpc) is 2.61. The summed E-state index contributed by atoms with van der Waals surface area (Å²) in [7, 11) is 1.60. The van der Waals surface area contributed by atoms with E-state index in [9.17, 15) is 9.59 Å². The normalized spacial score (nSPS) is 9.96. The van der Waals surface area contributed by atoms with Gasteiger partial charge in [0.1, 0.15) is 5.75 Å². The van der Waals surface area contributed by atoms with Gasteiger partial charge in [0.15, 0.2) is 12.3 Å². The van der Waals surface area contributed by atoms with Gasteiger partial charge in [0.25, 0.3) is 5.91 Å². The number of amides is 1. The Morgan fingerprint density at radius 3 is 2.78 bits per heavy atom. The van der Waals surface area contributed by atoms with Crippen LogP contribution in [-0.4, -0.2) is 42.1 Å². The molecular formula is C16H17N3O4. The molecule has 1 N–H and O–H groups in total. The zero-order chi connectivity index (χ0) is 16.5. The molecule has 0 aliphatic carbocycles. The number of carbonyl (C=O) groups excluding carboxylic acids is 2. The Bertz CT molecular complexity index is 661. The van der Waals surface area contributed by atoms with Crippen LogP contribution in [0.25, 0.3) is 0 Å². The van der Waals surface area contributed by atoms with Crippen LogP contribution >= 0.6 is 0 Å². The summed E-state index contributed by atoms with van der Waals surface area (Å²) >= 11 is 0. The van der Waals surface area contributed by atoms with Gasteiger partial charge in [-0.3, -0.25) is 9.78 Å². The maximum Gasteiger partial charge on any atom is 0.359 e. The van der Waals surface area contributed by atoms with Crippen LogP contribution in [0.2, 0.25) is 0 Å². The first kappa shape index (κ1) is 16.4. The van der Waals surface area contributed by atoms with Crippen molar-refractivity contribution in [3.8, 4) is 5.75 Å². The molecule has 1 amide bonds. The molecule has 1 heterocycles. The predicted octanol–water partition coefficient (Wildman–Crippen LogP) is 1.00. The molecule has 0 fully saturated rings.